The lowest BCUT2D eigenvalue weighted by molar-refractivity contribution is -0.137. The minimum atomic E-state index is -4.87. The molecule has 3 fully saturated rings. The molecule has 1 aromatic carbocycles. The fourth-order valence-electron chi connectivity index (χ4n) is 7.51. The maximum Gasteiger partial charge on any atom is 0.418 e. The van der Waals surface area contributed by atoms with Gasteiger partial charge in [-0.05, 0) is 44.7 Å². The maximum atomic E-state index is 16.9. The number of hydrogen-bond acceptors (Lipinski definition) is 9. The molecular formula is C31H34ClF4N7O2. The Labute approximate surface area is 262 Å². The van der Waals surface area contributed by atoms with Crippen LogP contribution in [-0.2, 0) is 6.18 Å². The van der Waals surface area contributed by atoms with Crippen LogP contribution < -0.4 is 25.4 Å². The Kier molecular flexibility index (Phi) is 7.10. The van der Waals surface area contributed by atoms with Gasteiger partial charge in [0.2, 0.25) is 0 Å². The Morgan fingerprint density at radius 2 is 2.07 bits per heavy atom. The molecule has 3 saturated heterocycles. The number of pyridine rings is 1. The van der Waals surface area contributed by atoms with Crippen molar-refractivity contribution in [2.45, 2.75) is 69.9 Å². The van der Waals surface area contributed by atoms with E-state index in [1.165, 1.54) is 6.92 Å². The molecule has 14 heteroatoms. The molecule has 4 atom stereocenters. The predicted octanol–water partition coefficient (Wildman–Crippen LogP) is 5.51. The summed E-state index contributed by atoms with van der Waals surface area (Å²) in [6.45, 7) is 12.1. The van der Waals surface area contributed by atoms with Crippen LogP contribution in [0.3, 0.4) is 0 Å². The fourth-order valence-corrected chi connectivity index (χ4v) is 7.83. The molecule has 0 spiro atoms. The second-order valence-corrected chi connectivity index (χ2v) is 13.1. The summed E-state index contributed by atoms with van der Waals surface area (Å²) in [5.74, 6) is -0.952. The summed E-state index contributed by atoms with van der Waals surface area (Å²) in [4.78, 5) is 17.6. The smallest absolute Gasteiger partial charge is 0.418 e. The van der Waals surface area contributed by atoms with Crippen LogP contribution in [-0.4, -0.2) is 76.4 Å². The molecule has 240 valence electrons. The van der Waals surface area contributed by atoms with Crippen molar-refractivity contribution in [2.75, 3.05) is 43.5 Å². The van der Waals surface area contributed by atoms with E-state index in [1.807, 2.05) is 18.7 Å². The molecule has 2 aromatic heterocycles. The van der Waals surface area contributed by atoms with E-state index in [9.17, 15) is 13.2 Å². The highest BCUT2D eigenvalue weighted by Crippen LogP contribution is 2.51. The first-order chi connectivity index (χ1) is 21.3. The summed E-state index contributed by atoms with van der Waals surface area (Å²) in [7, 11) is 0. The van der Waals surface area contributed by atoms with Gasteiger partial charge < -0.3 is 25.4 Å². The van der Waals surface area contributed by atoms with Crippen molar-refractivity contribution in [1.29, 1.82) is 0 Å². The molecule has 3 aromatic rings. The summed E-state index contributed by atoms with van der Waals surface area (Å²) >= 11 is 6.82. The summed E-state index contributed by atoms with van der Waals surface area (Å²) in [6.07, 6.45) is -2.43. The first-order valence-electron chi connectivity index (χ1n) is 15.1. The van der Waals surface area contributed by atoms with Crippen molar-refractivity contribution in [3.63, 3.8) is 0 Å². The summed E-state index contributed by atoms with van der Waals surface area (Å²) in [5.41, 5.74) is 3.83. The zero-order chi connectivity index (χ0) is 32.0. The van der Waals surface area contributed by atoms with Gasteiger partial charge in [0, 0.05) is 31.7 Å². The molecule has 4 aliphatic heterocycles. The number of fused-ring (bicyclic) bond motifs is 3. The quantitative estimate of drug-likeness (QED) is 0.274. The van der Waals surface area contributed by atoms with Crippen molar-refractivity contribution in [3.8, 4) is 23.0 Å². The van der Waals surface area contributed by atoms with Crippen molar-refractivity contribution in [3.05, 3.63) is 40.2 Å². The minimum absolute atomic E-state index is 0.00706. The van der Waals surface area contributed by atoms with Gasteiger partial charge in [-0.2, -0.15) is 23.1 Å². The largest absolute Gasteiger partial charge is 0.489 e. The van der Waals surface area contributed by atoms with E-state index >= 15 is 4.39 Å². The molecule has 3 N–H and O–H groups in total. The average molecular weight is 648 g/mol. The van der Waals surface area contributed by atoms with Gasteiger partial charge in [-0.15, -0.1) is 0 Å². The number of aryl methyl sites for hydroxylation is 1. The van der Waals surface area contributed by atoms with Gasteiger partial charge in [0.15, 0.2) is 11.6 Å². The predicted molar refractivity (Wildman–Crippen MR) is 163 cm³/mol. The van der Waals surface area contributed by atoms with E-state index in [0.717, 1.165) is 44.0 Å². The molecule has 45 heavy (non-hydrogen) atoms. The Morgan fingerprint density at radius 1 is 1.29 bits per heavy atom. The van der Waals surface area contributed by atoms with Gasteiger partial charge in [0.1, 0.15) is 30.4 Å². The Hall–Kier alpha value is -3.42. The van der Waals surface area contributed by atoms with Crippen LogP contribution >= 0.6 is 11.6 Å². The molecular weight excluding hydrogens is 614 g/mol. The number of rotatable bonds is 5. The Bertz CT molecular complexity index is 1740. The fraction of sp³-hybridized carbons (Fsp3) is 0.516. The zero-order valence-electron chi connectivity index (χ0n) is 25.2. The zero-order valence-corrected chi connectivity index (χ0v) is 25.9. The number of nitrogens with zero attached hydrogens (tertiary/aromatic N) is 5. The molecule has 4 aliphatic rings. The van der Waals surface area contributed by atoms with Gasteiger partial charge in [0.25, 0.3) is 0 Å². The highest BCUT2D eigenvalue weighted by Gasteiger charge is 2.50. The number of benzene rings is 1. The van der Waals surface area contributed by atoms with E-state index in [0.29, 0.717) is 12.4 Å². The number of nitrogen functional groups attached to an aromatic ring is 1. The van der Waals surface area contributed by atoms with E-state index in [1.54, 1.807) is 0 Å². The molecule has 7 rings (SSSR count). The second-order valence-electron chi connectivity index (χ2n) is 12.7. The average Bonchev–Trinajstić information content (AvgIpc) is 3.07. The van der Waals surface area contributed by atoms with Crippen LogP contribution in [0.2, 0.25) is 5.02 Å². The number of nitrogens with two attached hydrogens (primary N) is 1. The van der Waals surface area contributed by atoms with Crippen LogP contribution in [0.15, 0.2) is 18.2 Å². The second kappa shape index (κ2) is 10.6. The minimum Gasteiger partial charge on any atom is -0.489 e. The third kappa shape index (κ3) is 4.77. The highest BCUT2D eigenvalue weighted by molar-refractivity contribution is 6.36. The first kappa shape index (κ1) is 30.2. The first-order valence-corrected chi connectivity index (χ1v) is 15.5. The number of aromatic nitrogens is 3. The monoisotopic (exact) mass is 647 g/mol. The third-order valence-corrected chi connectivity index (χ3v) is 9.99. The van der Waals surface area contributed by atoms with Crippen molar-refractivity contribution in [1.82, 2.24) is 25.2 Å². The lowest BCUT2D eigenvalue weighted by Crippen LogP contribution is -2.63. The number of nitrogens with one attached hydrogen (secondary N) is 1. The van der Waals surface area contributed by atoms with E-state index in [-0.39, 0.29) is 75.9 Å². The standard InChI is InChI=1S/C31H34ClF4N7O2/c1-5-17-18-12-44-27-21-26(24(33)20(23(27)32)25-22(31(34,35)36)15(3)8-19(37)39-25)40-29(41-28(21)43(18)11-16(4)38-17)45-13-30-6-7-42(30)10-14(2)9-30/h8,16-18,38H,2,5-7,9-13H2,1,3-4H3,(H2,37,39)/t16-,17+,18-,30?/m1/s1. The topological polar surface area (TPSA) is 102 Å². The molecule has 9 nitrogen and oxygen atoms in total. The third-order valence-electron chi connectivity index (χ3n) is 9.63. The van der Waals surface area contributed by atoms with E-state index in [4.69, 9.17) is 31.8 Å². The van der Waals surface area contributed by atoms with Gasteiger partial charge in [-0.1, -0.05) is 30.7 Å². The molecule has 0 amide bonds. The Morgan fingerprint density at radius 3 is 2.73 bits per heavy atom. The molecule has 0 bridgehead atoms. The van der Waals surface area contributed by atoms with Gasteiger partial charge in [-0.3, -0.25) is 4.90 Å². The van der Waals surface area contributed by atoms with Crippen LogP contribution in [0, 0.1) is 12.7 Å². The number of hydrogen-bond donors (Lipinski definition) is 2. The molecule has 6 heterocycles. The normalized spacial score (nSPS) is 26.3. The lowest BCUT2D eigenvalue weighted by atomic mass is 9.85. The number of alkyl halides is 3. The number of anilines is 2. The summed E-state index contributed by atoms with van der Waals surface area (Å²) < 4.78 is 72.6. The summed E-state index contributed by atoms with van der Waals surface area (Å²) in [6, 6.07) is 0.825. The van der Waals surface area contributed by atoms with Crippen molar-refractivity contribution >= 4 is 34.1 Å². The lowest BCUT2D eigenvalue weighted by Gasteiger charge is -2.47. The summed E-state index contributed by atoms with van der Waals surface area (Å²) in [5, 5.41) is 3.40. The van der Waals surface area contributed by atoms with Gasteiger partial charge in [-0.25, -0.2) is 9.37 Å². The van der Waals surface area contributed by atoms with Crippen molar-refractivity contribution in [2.24, 2.45) is 0 Å². The van der Waals surface area contributed by atoms with Crippen LogP contribution in [0.1, 0.15) is 44.2 Å². The number of halogens is 5. The van der Waals surface area contributed by atoms with Crippen molar-refractivity contribution < 1.29 is 27.0 Å². The molecule has 0 saturated carbocycles. The van der Waals surface area contributed by atoms with Gasteiger partial charge >= 0.3 is 12.2 Å². The Balaban J connectivity index is 1.46. The van der Waals surface area contributed by atoms with Crippen LogP contribution in [0.25, 0.3) is 22.2 Å². The van der Waals surface area contributed by atoms with Gasteiger partial charge in [0.05, 0.1) is 38.8 Å². The molecule has 0 aliphatic carbocycles. The molecule has 0 radical (unpaired) electrons. The SMILES string of the molecule is C=C1CN2CCC2(COc2nc3c4c(c(Cl)c(-c5nc(N)cc(C)c5C(F)(F)F)c(F)c4n2)OC[C@@H]2[C@H](CC)N[C@H](C)CN32)C1. The van der Waals surface area contributed by atoms with Crippen LogP contribution in [0.4, 0.5) is 29.2 Å². The van der Waals surface area contributed by atoms with Crippen LogP contribution in [0.5, 0.6) is 11.8 Å². The van der Waals surface area contributed by atoms with E-state index < -0.39 is 28.8 Å². The maximum absolute atomic E-state index is 16.9. The highest BCUT2D eigenvalue weighted by atomic mass is 35.5. The van der Waals surface area contributed by atoms with E-state index in [2.05, 4.69) is 26.8 Å². The number of ether oxygens (including phenoxy) is 2. The number of piperazine rings is 1. The molecule has 1 unspecified atom stereocenters.